The molecule has 1 heterocycles. The first-order valence-electron chi connectivity index (χ1n) is 8.10. The normalized spacial score (nSPS) is 23.3. The summed E-state index contributed by atoms with van der Waals surface area (Å²) in [6.45, 7) is 7.79. The molecular formula is C17H28N2O3. The van der Waals surface area contributed by atoms with Crippen molar-refractivity contribution >= 4 is 6.09 Å². The summed E-state index contributed by atoms with van der Waals surface area (Å²) in [6.07, 6.45) is 5.28. The van der Waals surface area contributed by atoms with E-state index in [9.17, 15) is 4.79 Å². The van der Waals surface area contributed by atoms with Crippen LogP contribution in [-0.2, 0) is 11.2 Å². The molecule has 1 aliphatic carbocycles. The van der Waals surface area contributed by atoms with Gasteiger partial charge in [-0.05, 0) is 59.1 Å². The molecular weight excluding hydrogens is 280 g/mol. The lowest BCUT2D eigenvalue weighted by atomic mass is 10.1. The Balaban J connectivity index is 1.70. The van der Waals surface area contributed by atoms with Gasteiger partial charge < -0.3 is 19.8 Å². The Bertz CT molecular complexity index is 465. The minimum Gasteiger partial charge on any atom is -0.469 e. The first-order valence-corrected chi connectivity index (χ1v) is 8.10. The molecule has 1 amide bonds. The van der Waals surface area contributed by atoms with Gasteiger partial charge in [-0.25, -0.2) is 4.79 Å². The van der Waals surface area contributed by atoms with Crippen molar-refractivity contribution in [2.24, 2.45) is 0 Å². The minimum atomic E-state index is -0.447. The molecule has 3 atom stereocenters. The number of ether oxygens (including phenoxy) is 1. The molecule has 2 N–H and O–H groups in total. The Morgan fingerprint density at radius 3 is 2.77 bits per heavy atom. The Morgan fingerprint density at radius 1 is 1.41 bits per heavy atom. The lowest BCUT2D eigenvalue weighted by molar-refractivity contribution is 0.0505. The fourth-order valence-corrected chi connectivity index (χ4v) is 2.93. The zero-order valence-corrected chi connectivity index (χ0v) is 14.0. The second kappa shape index (κ2) is 7.18. The molecule has 1 saturated carbocycles. The molecule has 0 bridgehead atoms. The molecule has 0 aromatic carbocycles. The topological polar surface area (TPSA) is 63.5 Å². The average Bonchev–Trinajstić information content (AvgIpc) is 2.98. The quantitative estimate of drug-likeness (QED) is 0.876. The van der Waals surface area contributed by atoms with Crippen LogP contribution < -0.4 is 10.6 Å². The number of amides is 1. The van der Waals surface area contributed by atoms with Gasteiger partial charge in [-0.1, -0.05) is 0 Å². The van der Waals surface area contributed by atoms with Crippen LogP contribution in [0, 0.1) is 0 Å². The van der Waals surface area contributed by atoms with E-state index in [4.69, 9.17) is 9.15 Å². The van der Waals surface area contributed by atoms with Gasteiger partial charge in [0.15, 0.2) is 0 Å². The smallest absolute Gasteiger partial charge is 0.407 e. The molecule has 1 fully saturated rings. The van der Waals surface area contributed by atoms with Crippen molar-refractivity contribution in [1.29, 1.82) is 0 Å². The summed E-state index contributed by atoms with van der Waals surface area (Å²) in [6, 6.07) is 4.91. The van der Waals surface area contributed by atoms with Gasteiger partial charge in [0.25, 0.3) is 0 Å². The molecule has 5 heteroatoms. The van der Waals surface area contributed by atoms with E-state index in [-0.39, 0.29) is 12.1 Å². The summed E-state index contributed by atoms with van der Waals surface area (Å²) >= 11 is 0. The van der Waals surface area contributed by atoms with Crippen LogP contribution in [-0.4, -0.2) is 29.8 Å². The maximum absolute atomic E-state index is 11.8. The second-order valence-electron chi connectivity index (χ2n) is 7.20. The highest BCUT2D eigenvalue weighted by Crippen LogP contribution is 2.21. The Labute approximate surface area is 132 Å². The highest BCUT2D eigenvalue weighted by molar-refractivity contribution is 5.68. The van der Waals surface area contributed by atoms with Crippen molar-refractivity contribution in [2.45, 2.75) is 77.1 Å². The molecule has 1 aromatic rings. The van der Waals surface area contributed by atoms with Gasteiger partial charge in [-0.3, -0.25) is 0 Å². The molecule has 0 spiro atoms. The van der Waals surface area contributed by atoms with Crippen molar-refractivity contribution in [3.63, 3.8) is 0 Å². The van der Waals surface area contributed by atoms with Gasteiger partial charge >= 0.3 is 6.09 Å². The summed E-state index contributed by atoms with van der Waals surface area (Å²) in [5, 5.41) is 6.58. The van der Waals surface area contributed by atoms with E-state index in [1.807, 2.05) is 32.9 Å². The lowest BCUT2D eigenvalue weighted by Gasteiger charge is -2.22. The van der Waals surface area contributed by atoms with E-state index in [0.717, 1.165) is 31.4 Å². The predicted molar refractivity (Wildman–Crippen MR) is 85.8 cm³/mol. The summed E-state index contributed by atoms with van der Waals surface area (Å²) in [5.41, 5.74) is -0.447. The molecule has 1 aliphatic rings. The number of hydrogen-bond donors (Lipinski definition) is 2. The van der Waals surface area contributed by atoms with Crippen LogP contribution in [0.1, 0.15) is 52.7 Å². The highest BCUT2D eigenvalue weighted by Gasteiger charge is 2.28. The summed E-state index contributed by atoms with van der Waals surface area (Å²) in [4.78, 5) is 11.8. The van der Waals surface area contributed by atoms with Gasteiger partial charge in [-0.2, -0.15) is 0 Å². The van der Waals surface area contributed by atoms with E-state index in [1.54, 1.807) is 6.26 Å². The first-order chi connectivity index (χ1) is 10.3. The summed E-state index contributed by atoms with van der Waals surface area (Å²) < 4.78 is 10.7. The number of carbonyl (C=O) groups is 1. The van der Waals surface area contributed by atoms with Gasteiger partial charge in [0, 0.05) is 24.5 Å². The van der Waals surface area contributed by atoms with E-state index >= 15 is 0 Å². The molecule has 1 aromatic heterocycles. The van der Waals surface area contributed by atoms with E-state index in [1.165, 1.54) is 0 Å². The molecule has 124 valence electrons. The van der Waals surface area contributed by atoms with Crippen molar-refractivity contribution in [1.82, 2.24) is 10.6 Å². The number of alkyl carbamates (subject to hydrolysis) is 1. The molecule has 0 saturated heterocycles. The third-order valence-corrected chi connectivity index (χ3v) is 3.76. The van der Waals surface area contributed by atoms with Crippen LogP contribution in [0.15, 0.2) is 22.8 Å². The van der Waals surface area contributed by atoms with E-state index < -0.39 is 5.60 Å². The van der Waals surface area contributed by atoms with Crippen LogP contribution in [0.2, 0.25) is 0 Å². The minimum absolute atomic E-state index is 0.197. The van der Waals surface area contributed by atoms with Crippen molar-refractivity contribution in [3.8, 4) is 0 Å². The lowest BCUT2D eigenvalue weighted by Crippen LogP contribution is -2.40. The first kappa shape index (κ1) is 16.9. The number of furan rings is 1. The molecule has 0 aliphatic heterocycles. The fourth-order valence-electron chi connectivity index (χ4n) is 2.93. The standard InChI is InChI=1S/C17H28N2O3/c1-12(10-15-6-5-9-21-15)18-13-7-8-14(11-13)19-16(20)22-17(2,3)4/h5-6,9,12-14,18H,7-8,10-11H2,1-4H3,(H,19,20). The SMILES string of the molecule is CC(Cc1ccco1)NC1CCC(NC(=O)OC(C)(C)C)C1. The predicted octanol–water partition coefficient (Wildman–Crippen LogP) is 3.25. The molecule has 5 nitrogen and oxygen atoms in total. The van der Waals surface area contributed by atoms with Crippen LogP contribution in [0.25, 0.3) is 0 Å². The number of hydrogen-bond acceptors (Lipinski definition) is 4. The van der Waals surface area contributed by atoms with Gasteiger partial charge in [0.1, 0.15) is 11.4 Å². The van der Waals surface area contributed by atoms with Gasteiger partial charge in [0.05, 0.1) is 6.26 Å². The van der Waals surface area contributed by atoms with E-state index in [0.29, 0.717) is 12.1 Å². The van der Waals surface area contributed by atoms with Crippen LogP contribution >= 0.6 is 0 Å². The second-order valence-corrected chi connectivity index (χ2v) is 7.20. The van der Waals surface area contributed by atoms with Crippen LogP contribution in [0.4, 0.5) is 4.79 Å². The van der Waals surface area contributed by atoms with E-state index in [2.05, 4.69) is 17.6 Å². The van der Waals surface area contributed by atoms with Gasteiger partial charge in [0.2, 0.25) is 0 Å². The third kappa shape index (κ3) is 5.72. The molecule has 3 unspecified atom stereocenters. The third-order valence-electron chi connectivity index (χ3n) is 3.76. The Morgan fingerprint density at radius 2 is 2.14 bits per heavy atom. The van der Waals surface area contributed by atoms with Crippen molar-refractivity contribution in [2.75, 3.05) is 0 Å². The fraction of sp³-hybridized carbons (Fsp3) is 0.706. The number of nitrogens with one attached hydrogen (secondary N) is 2. The van der Waals surface area contributed by atoms with Crippen LogP contribution in [0.5, 0.6) is 0 Å². The Kier molecular flexibility index (Phi) is 5.51. The van der Waals surface area contributed by atoms with Crippen molar-refractivity contribution < 1.29 is 13.9 Å². The zero-order chi connectivity index (χ0) is 16.2. The monoisotopic (exact) mass is 308 g/mol. The summed E-state index contributed by atoms with van der Waals surface area (Å²) in [7, 11) is 0. The number of rotatable bonds is 5. The van der Waals surface area contributed by atoms with Crippen molar-refractivity contribution in [3.05, 3.63) is 24.2 Å². The maximum atomic E-state index is 11.8. The number of carbonyl (C=O) groups excluding carboxylic acids is 1. The highest BCUT2D eigenvalue weighted by atomic mass is 16.6. The largest absolute Gasteiger partial charge is 0.469 e. The Hall–Kier alpha value is -1.49. The zero-order valence-electron chi connectivity index (χ0n) is 14.0. The average molecular weight is 308 g/mol. The maximum Gasteiger partial charge on any atom is 0.407 e. The molecule has 0 radical (unpaired) electrons. The molecule has 2 rings (SSSR count). The van der Waals surface area contributed by atoms with Crippen LogP contribution in [0.3, 0.4) is 0 Å². The molecule has 22 heavy (non-hydrogen) atoms. The summed E-state index contributed by atoms with van der Waals surface area (Å²) in [5.74, 6) is 1.00. The van der Waals surface area contributed by atoms with Gasteiger partial charge in [-0.15, -0.1) is 0 Å².